The first-order valence-corrected chi connectivity index (χ1v) is 41.0. The molecule has 0 heterocycles. The number of esters is 6. The maximum Gasteiger partial charge on any atom is 0.340 e. The molecule has 8 bridgehead atoms. The van der Waals surface area contributed by atoms with E-state index in [1.807, 2.05) is 64.1 Å². The molecule has 0 radical (unpaired) electrons. The van der Waals surface area contributed by atoms with E-state index in [1.54, 1.807) is 39.8 Å². The van der Waals surface area contributed by atoms with Gasteiger partial charge in [0.15, 0.2) is 31.5 Å². The van der Waals surface area contributed by atoms with Crippen molar-refractivity contribution < 1.29 is 85.6 Å². The minimum absolute atomic E-state index is 0.0554. The standard InChI is InChI=1S/C17H24O3.2C16H24O3.C14H22O3.C13H18O3.C12H18O3/c1-3-14-9-11-15(12-10-14)17(18)20-13(2)19-16-7-5-4-6-8-16;2*1-11(18-14-5-3-2-4-6-14)19-16(17)15-10-12-7-8-13(15)9-12;1-9(2)8-16-10(3)17-14(15)13-7-11-4-5-12(13)6-11;1-4-11-6-8-12(9-7-11)13(14)16-10(3)15-5-2;1-3-14-8(2)15-12(13)11-7-9-4-5-10(11)6-9/h9-13,16H,3-8H2,1-2H3;2*7-8,11-15H,2-6,9-10H2,1H3;4-5,9-13H,6-8H2,1-3H3;6-10H,4-5H2,1-3H3;4-5,8-11H,3,6-7H2,1-2H3. The van der Waals surface area contributed by atoms with Gasteiger partial charge < -0.3 is 56.8 Å². The van der Waals surface area contributed by atoms with Crippen LogP contribution in [0.3, 0.4) is 0 Å². The van der Waals surface area contributed by atoms with Gasteiger partial charge in [0.1, 0.15) is 0 Å². The molecule has 7 saturated carbocycles. The number of hydrogen-bond donors (Lipinski definition) is 0. The SMILES string of the molecule is CC(C)COC(C)OC(=O)C1CC2C=CC1C2.CC(OC(=O)C1CC2C=CC1C2)OC1CCCCC1.CC(OC(=O)C1CC2C=CC1C2)OC1CCCCC1.CCOC(C)OC(=O)C1CC2C=CC1C2.CCOC(C)OC(=O)c1ccc(CC)cc1.CCc1ccc(C(=O)OC(C)OC2CCCCC2)cc1. The Balaban J connectivity index is 0.000000161. The largest absolute Gasteiger partial charge is 0.436 e. The van der Waals surface area contributed by atoms with Crippen LogP contribution in [0.2, 0.25) is 0 Å². The highest BCUT2D eigenvalue weighted by atomic mass is 16.7. The van der Waals surface area contributed by atoms with E-state index in [4.69, 9.17) is 56.8 Å². The van der Waals surface area contributed by atoms with Crippen LogP contribution in [0.5, 0.6) is 0 Å². The van der Waals surface area contributed by atoms with Crippen LogP contribution in [0, 0.1) is 76.9 Å². The summed E-state index contributed by atoms with van der Waals surface area (Å²) in [5, 5.41) is 0. The Hall–Kier alpha value is -6.02. The van der Waals surface area contributed by atoms with Crippen molar-refractivity contribution in [2.24, 2.45) is 76.9 Å². The monoisotopic (exact) mass is 1470 g/mol. The number of fused-ring (bicyclic) bond motifs is 8. The van der Waals surface area contributed by atoms with Crippen LogP contribution in [-0.4, -0.2) is 112 Å². The van der Waals surface area contributed by atoms with Gasteiger partial charge in [-0.05, 0) is 247 Å². The molecule has 106 heavy (non-hydrogen) atoms. The molecule has 18 unspecified atom stereocenters. The maximum absolute atomic E-state index is 12.2. The Labute approximate surface area is 634 Å². The van der Waals surface area contributed by atoms with E-state index in [0.29, 0.717) is 84.2 Å². The summed E-state index contributed by atoms with van der Waals surface area (Å²) in [6, 6.07) is 15.0. The van der Waals surface area contributed by atoms with Crippen molar-refractivity contribution in [3.8, 4) is 0 Å². The average Bonchev–Trinajstić information content (AvgIpc) is 1.69. The van der Waals surface area contributed by atoms with Crippen molar-refractivity contribution in [1.82, 2.24) is 0 Å². The predicted octanol–water partition coefficient (Wildman–Crippen LogP) is 18.6. The van der Waals surface area contributed by atoms with Crippen LogP contribution < -0.4 is 0 Å². The fourth-order valence-corrected chi connectivity index (χ4v) is 16.8. The highest BCUT2D eigenvalue weighted by molar-refractivity contribution is 5.90. The van der Waals surface area contributed by atoms with Crippen LogP contribution in [-0.2, 0) is 88.9 Å². The summed E-state index contributed by atoms with van der Waals surface area (Å²) in [4.78, 5) is 71.7. The van der Waals surface area contributed by atoms with Crippen LogP contribution in [0.1, 0.15) is 263 Å². The summed E-state index contributed by atoms with van der Waals surface area (Å²) in [5.41, 5.74) is 3.56. The van der Waals surface area contributed by atoms with Crippen LogP contribution in [0.15, 0.2) is 97.1 Å². The second-order valence-electron chi connectivity index (χ2n) is 31.4. The third-order valence-electron chi connectivity index (χ3n) is 22.5. The van der Waals surface area contributed by atoms with Gasteiger partial charge in [-0.2, -0.15) is 0 Å². The van der Waals surface area contributed by atoms with E-state index in [2.05, 4.69) is 76.3 Å². The van der Waals surface area contributed by atoms with E-state index < -0.39 is 37.7 Å². The molecule has 0 N–H and O–H groups in total. The van der Waals surface area contributed by atoms with Crippen molar-refractivity contribution in [2.45, 2.75) is 300 Å². The molecule has 0 spiro atoms. The Morgan fingerprint density at radius 3 is 0.840 bits per heavy atom. The molecular formula is C88H130O18. The third kappa shape index (κ3) is 28.1. The van der Waals surface area contributed by atoms with Gasteiger partial charge in [0, 0.05) is 13.2 Å². The summed E-state index contributed by atoms with van der Waals surface area (Å²) < 4.78 is 65.3. The summed E-state index contributed by atoms with van der Waals surface area (Å²) in [6.45, 7) is 24.6. The quantitative estimate of drug-likeness (QED) is 0.0352. The Morgan fingerprint density at radius 1 is 0.321 bits per heavy atom. The molecule has 0 amide bonds. The molecule has 18 atom stereocenters. The van der Waals surface area contributed by atoms with Gasteiger partial charge in [-0.1, -0.05) is 158 Å². The Bertz CT molecular complexity index is 3030. The number of ether oxygens (including phenoxy) is 12. The molecule has 11 aliphatic carbocycles. The molecule has 0 aliphatic heterocycles. The first-order valence-electron chi connectivity index (χ1n) is 41.0. The second kappa shape index (κ2) is 44.6. The van der Waals surface area contributed by atoms with E-state index in [9.17, 15) is 28.8 Å². The summed E-state index contributed by atoms with van der Waals surface area (Å²) in [5.74, 6) is 3.89. The van der Waals surface area contributed by atoms with Gasteiger partial charge in [0.25, 0.3) is 0 Å². The number of aryl methyl sites for hydroxylation is 2. The van der Waals surface area contributed by atoms with Gasteiger partial charge in [-0.15, -0.1) is 0 Å². The van der Waals surface area contributed by atoms with Crippen molar-refractivity contribution >= 4 is 35.8 Å². The molecule has 11 aliphatic rings. The summed E-state index contributed by atoms with van der Waals surface area (Å²) in [6.07, 6.45) is 44.1. The smallest absolute Gasteiger partial charge is 0.340 e. The number of allylic oxidation sites excluding steroid dienone is 8. The molecular weight excluding hydrogens is 1340 g/mol. The first kappa shape index (κ1) is 85.6. The number of carbonyl (C=O) groups excluding carboxylic acids is 6. The number of hydrogen-bond acceptors (Lipinski definition) is 18. The lowest BCUT2D eigenvalue weighted by molar-refractivity contribution is -0.193. The zero-order valence-corrected chi connectivity index (χ0v) is 66.1. The lowest BCUT2D eigenvalue weighted by Crippen LogP contribution is -2.30. The molecule has 2 aromatic carbocycles. The zero-order valence-electron chi connectivity index (χ0n) is 66.1. The molecule has 13 rings (SSSR count). The van der Waals surface area contributed by atoms with E-state index in [-0.39, 0.29) is 77.8 Å². The number of carbonyl (C=O) groups is 6. The summed E-state index contributed by atoms with van der Waals surface area (Å²) >= 11 is 0. The maximum atomic E-state index is 12.2. The van der Waals surface area contributed by atoms with Gasteiger partial charge >= 0.3 is 35.8 Å². The Kier molecular flexibility index (Phi) is 36.0. The van der Waals surface area contributed by atoms with Crippen LogP contribution in [0.4, 0.5) is 0 Å². The first-order chi connectivity index (χ1) is 51.1. The topological polar surface area (TPSA) is 213 Å². The summed E-state index contributed by atoms with van der Waals surface area (Å²) in [7, 11) is 0. The van der Waals surface area contributed by atoms with Crippen LogP contribution >= 0.6 is 0 Å². The van der Waals surface area contributed by atoms with Crippen molar-refractivity contribution in [2.75, 3.05) is 19.8 Å². The highest BCUT2D eigenvalue weighted by Gasteiger charge is 2.45. The average molecular weight is 1480 g/mol. The Morgan fingerprint density at radius 2 is 0.585 bits per heavy atom. The van der Waals surface area contributed by atoms with Gasteiger partial charge in [-0.3, -0.25) is 19.2 Å². The minimum Gasteiger partial charge on any atom is -0.436 e. The lowest BCUT2D eigenvalue weighted by atomic mass is 9.94. The van der Waals surface area contributed by atoms with Crippen molar-refractivity contribution in [1.29, 1.82) is 0 Å². The fourth-order valence-electron chi connectivity index (χ4n) is 16.8. The molecule has 0 saturated heterocycles. The van der Waals surface area contributed by atoms with Gasteiger partial charge in [-0.25, -0.2) is 9.59 Å². The molecule has 18 heteroatoms. The lowest BCUT2D eigenvalue weighted by Gasteiger charge is -2.26. The molecule has 0 aromatic heterocycles. The van der Waals surface area contributed by atoms with Crippen molar-refractivity contribution in [3.05, 3.63) is 119 Å². The van der Waals surface area contributed by atoms with E-state index in [0.717, 1.165) is 103 Å². The highest BCUT2D eigenvalue weighted by Crippen LogP contribution is 2.47. The number of benzene rings is 2. The molecule has 2 aromatic rings. The van der Waals surface area contributed by atoms with Crippen molar-refractivity contribution in [3.63, 3.8) is 0 Å². The van der Waals surface area contributed by atoms with E-state index in [1.165, 1.54) is 68.9 Å². The fraction of sp³-hybridized carbons (Fsp3) is 0.705. The van der Waals surface area contributed by atoms with Gasteiger partial charge in [0.2, 0.25) is 6.29 Å². The van der Waals surface area contributed by atoms with Gasteiger partial charge in [0.05, 0.1) is 59.7 Å². The van der Waals surface area contributed by atoms with Crippen LogP contribution in [0.25, 0.3) is 0 Å². The van der Waals surface area contributed by atoms with E-state index >= 15 is 0 Å². The second-order valence-corrected chi connectivity index (χ2v) is 31.4. The number of rotatable bonds is 27. The predicted molar refractivity (Wildman–Crippen MR) is 407 cm³/mol. The third-order valence-corrected chi connectivity index (χ3v) is 22.5. The normalized spacial score (nSPS) is 27.9. The molecule has 18 nitrogen and oxygen atoms in total. The molecule has 7 fully saturated rings. The zero-order chi connectivity index (χ0) is 76.1. The molecule has 590 valence electrons. The minimum atomic E-state index is -0.497.